The molecule has 20 heavy (non-hydrogen) atoms. The number of aromatic nitrogens is 2. The molecule has 0 radical (unpaired) electrons. The van der Waals surface area contributed by atoms with Gasteiger partial charge >= 0.3 is 0 Å². The van der Waals surface area contributed by atoms with Gasteiger partial charge in [-0.05, 0) is 43.9 Å². The second kappa shape index (κ2) is 4.03. The number of carbonyl (C=O) groups is 2. The monoisotopic (exact) mass is 267 g/mol. The zero-order valence-electron chi connectivity index (χ0n) is 10.8. The number of aromatic amines is 1. The predicted molar refractivity (Wildman–Crippen MR) is 74.1 cm³/mol. The summed E-state index contributed by atoms with van der Waals surface area (Å²) in [6.07, 6.45) is 5.15. The molecule has 1 N–H and O–H groups in total. The molecule has 2 aromatic rings. The van der Waals surface area contributed by atoms with Crippen LogP contribution in [-0.2, 0) is 9.59 Å². The fraction of sp³-hybridized carbons (Fsp3) is 0.267. The van der Waals surface area contributed by atoms with E-state index in [4.69, 9.17) is 0 Å². The van der Waals surface area contributed by atoms with Crippen LogP contribution in [0.5, 0.6) is 0 Å². The first-order valence-electron chi connectivity index (χ1n) is 6.79. The number of anilines is 1. The van der Waals surface area contributed by atoms with Crippen molar-refractivity contribution in [3.8, 4) is 0 Å². The maximum Gasteiger partial charge on any atom is 0.261 e. The highest BCUT2D eigenvalue weighted by Gasteiger charge is 2.39. The molecule has 1 aromatic carbocycles. The van der Waals surface area contributed by atoms with Crippen molar-refractivity contribution in [1.82, 2.24) is 10.2 Å². The molecule has 4 rings (SSSR count). The Morgan fingerprint density at radius 3 is 2.45 bits per heavy atom. The molecule has 0 bridgehead atoms. The Morgan fingerprint density at radius 2 is 1.75 bits per heavy atom. The lowest BCUT2D eigenvalue weighted by Gasteiger charge is -2.15. The van der Waals surface area contributed by atoms with Crippen molar-refractivity contribution in [2.75, 3.05) is 4.90 Å². The molecule has 0 fully saturated rings. The summed E-state index contributed by atoms with van der Waals surface area (Å²) in [5.74, 6) is -0.299. The van der Waals surface area contributed by atoms with Gasteiger partial charge in [-0.15, -0.1) is 0 Å². The molecule has 1 aliphatic heterocycles. The summed E-state index contributed by atoms with van der Waals surface area (Å²) in [6.45, 7) is 0. The van der Waals surface area contributed by atoms with Gasteiger partial charge in [0.05, 0.1) is 17.4 Å². The first-order chi connectivity index (χ1) is 9.75. The molecule has 0 saturated heterocycles. The number of nitrogens with one attached hydrogen (secondary N) is 1. The highest BCUT2D eigenvalue weighted by Crippen LogP contribution is 2.36. The Labute approximate surface area is 115 Å². The van der Waals surface area contributed by atoms with E-state index in [0.29, 0.717) is 16.8 Å². The van der Waals surface area contributed by atoms with Gasteiger partial charge in [0, 0.05) is 16.5 Å². The molecule has 1 aliphatic carbocycles. The average Bonchev–Trinajstić information content (AvgIpc) is 3.03. The average molecular weight is 267 g/mol. The van der Waals surface area contributed by atoms with Crippen LogP contribution < -0.4 is 4.90 Å². The van der Waals surface area contributed by atoms with Crippen molar-refractivity contribution in [3.63, 3.8) is 0 Å². The van der Waals surface area contributed by atoms with Crippen molar-refractivity contribution in [2.24, 2.45) is 0 Å². The van der Waals surface area contributed by atoms with Gasteiger partial charge in [0.25, 0.3) is 11.8 Å². The molecule has 100 valence electrons. The number of fused-ring (bicyclic) bond motifs is 1. The van der Waals surface area contributed by atoms with Crippen molar-refractivity contribution in [2.45, 2.75) is 25.7 Å². The van der Waals surface area contributed by atoms with Crippen LogP contribution >= 0.6 is 0 Å². The lowest BCUT2D eigenvalue weighted by atomic mass is 9.93. The van der Waals surface area contributed by atoms with Crippen LogP contribution in [0.25, 0.3) is 10.9 Å². The molecule has 0 unspecified atom stereocenters. The Morgan fingerprint density at radius 1 is 1.05 bits per heavy atom. The number of imide groups is 1. The van der Waals surface area contributed by atoms with Crippen LogP contribution in [0, 0.1) is 0 Å². The highest BCUT2D eigenvalue weighted by molar-refractivity contribution is 6.33. The molecule has 1 aromatic heterocycles. The minimum Gasteiger partial charge on any atom is -0.278 e. The fourth-order valence-electron chi connectivity index (χ4n) is 3.04. The Kier molecular flexibility index (Phi) is 2.30. The van der Waals surface area contributed by atoms with Gasteiger partial charge in [-0.1, -0.05) is 0 Å². The maximum absolute atomic E-state index is 12.4. The standard InChI is InChI=1S/C15H13N3O2/c19-14-11-3-1-2-4-12(11)15(20)18(14)10-6-5-9-8-16-17-13(9)7-10/h5-8H,1-4H2,(H,16,17). The minimum absolute atomic E-state index is 0.149. The Bertz CT molecular complexity index is 744. The summed E-state index contributed by atoms with van der Waals surface area (Å²) in [4.78, 5) is 26.2. The lowest BCUT2D eigenvalue weighted by Crippen LogP contribution is -2.31. The summed E-state index contributed by atoms with van der Waals surface area (Å²) in [7, 11) is 0. The number of carbonyl (C=O) groups excluding carboxylic acids is 2. The van der Waals surface area contributed by atoms with Crippen LogP contribution in [0.1, 0.15) is 25.7 Å². The molecule has 2 amide bonds. The van der Waals surface area contributed by atoms with Crippen molar-refractivity contribution in [3.05, 3.63) is 35.5 Å². The molecule has 0 atom stereocenters. The quantitative estimate of drug-likeness (QED) is 0.806. The zero-order valence-corrected chi connectivity index (χ0v) is 10.8. The first-order valence-corrected chi connectivity index (χ1v) is 6.79. The van der Waals surface area contributed by atoms with E-state index < -0.39 is 0 Å². The van der Waals surface area contributed by atoms with E-state index in [1.54, 1.807) is 18.3 Å². The lowest BCUT2D eigenvalue weighted by molar-refractivity contribution is -0.120. The summed E-state index contributed by atoms with van der Waals surface area (Å²) >= 11 is 0. The predicted octanol–water partition coefficient (Wildman–Crippen LogP) is 2.31. The second-order valence-electron chi connectivity index (χ2n) is 5.25. The van der Waals surface area contributed by atoms with Crippen molar-refractivity contribution >= 4 is 28.4 Å². The molecule has 0 spiro atoms. The molecule has 5 nitrogen and oxygen atoms in total. The van der Waals surface area contributed by atoms with Crippen LogP contribution in [0.15, 0.2) is 35.5 Å². The topological polar surface area (TPSA) is 66.1 Å². The zero-order chi connectivity index (χ0) is 13.7. The third kappa shape index (κ3) is 1.46. The van der Waals surface area contributed by atoms with E-state index in [1.165, 1.54) is 4.90 Å². The third-order valence-corrected chi connectivity index (χ3v) is 4.07. The summed E-state index contributed by atoms with van der Waals surface area (Å²) in [6, 6.07) is 5.47. The normalized spacial score (nSPS) is 19.1. The van der Waals surface area contributed by atoms with Gasteiger partial charge in [0.1, 0.15) is 0 Å². The fourth-order valence-corrected chi connectivity index (χ4v) is 3.04. The van der Waals surface area contributed by atoms with E-state index in [1.807, 2.05) is 6.07 Å². The second-order valence-corrected chi connectivity index (χ2v) is 5.25. The van der Waals surface area contributed by atoms with Gasteiger partial charge in [0.2, 0.25) is 0 Å². The van der Waals surface area contributed by atoms with Crippen LogP contribution in [0.2, 0.25) is 0 Å². The van der Waals surface area contributed by atoms with Gasteiger partial charge < -0.3 is 0 Å². The number of H-pyrrole nitrogens is 1. The van der Waals surface area contributed by atoms with Gasteiger partial charge in [-0.25, -0.2) is 4.90 Å². The number of hydrogen-bond acceptors (Lipinski definition) is 3. The van der Waals surface area contributed by atoms with E-state index in [9.17, 15) is 9.59 Å². The van der Waals surface area contributed by atoms with E-state index in [-0.39, 0.29) is 11.8 Å². The van der Waals surface area contributed by atoms with Crippen molar-refractivity contribution < 1.29 is 9.59 Å². The van der Waals surface area contributed by atoms with Gasteiger partial charge in [0.15, 0.2) is 0 Å². The SMILES string of the molecule is O=C1C2=C(CCCC2)C(=O)N1c1ccc2cn[nH]c2c1. The summed E-state index contributed by atoms with van der Waals surface area (Å²) in [5, 5.41) is 7.78. The minimum atomic E-state index is -0.149. The molecule has 0 saturated carbocycles. The van der Waals surface area contributed by atoms with E-state index in [0.717, 1.165) is 36.6 Å². The molecular weight excluding hydrogens is 254 g/mol. The number of rotatable bonds is 1. The molecule has 2 aliphatic rings. The molecule has 5 heteroatoms. The summed E-state index contributed by atoms with van der Waals surface area (Å²) < 4.78 is 0. The van der Waals surface area contributed by atoms with Gasteiger partial charge in [-0.2, -0.15) is 5.10 Å². The number of hydrogen-bond donors (Lipinski definition) is 1. The first kappa shape index (κ1) is 11.4. The third-order valence-electron chi connectivity index (χ3n) is 4.07. The largest absolute Gasteiger partial charge is 0.278 e. The number of nitrogens with zero attached hydrogens (tertiary/aromatic N) is 2. The van der Waals surface area contributed by atoms with Crippen LogP contribution in [-0.4, -0.2) is 22.0 Å². The summed E-state index contributed by atoms with van der Waals surface area (Å²) in [5.41, 5.74) is 2.87. The van der Waals surface area contributed by atoms with Gasteiger partial charge in [-0.3, -0.25) is 14.7 Å². The highest BCUT2D eigenvalue weighted by atomic mass is 16.2. The number of amides is 2. The van der Waals surface area contributed by atoms with E-state index in [2.05, 4.69) is 10.2 Å². The number of benzene rings is 1. The Balaban J connectivity index is 1.79. The van der Waals surface area contributed by atoms with E-state index >= 15 is 0 Å². The van der Waals surface area contributed by atoms with Crippen molar-refractivity contribution in [1.29, 1.82) is 0 Å². The smallest absolute Gasteiger partial charge is 0.261 e. The Hall–Kier alpha value is -2.43. The molecular formula is C15H13N3O2. The molecule has 2 heterocycles. The van der Waals surface area contributed by atoms with Crippen LogP contribution in [0.3, 0.4) is 0 Å². The maximum atomic E-state index is 12.4. The van der Waals surface area contributed by atoms with Crippen LogP contribution in [0.4, 0.5) is 5.69 Å².